The van der Waals surface area contributed by atoms with Gasteiger partial charge in [-0.2, -0.15) is 4.98 Å². The largest absolute Gasteiger partial charge is 1.00 e. The van der Waals surface area contributed by atoms with Crippen molar-refractivity contribution >= 4 is 17.3 Å². The van der Waals surface area contributed by atoms with Crippen LogP contribution < -0.4 is 33.8 Å². The summed E-state index contributed by atoms with van der Waals surface area (Å²) in [5.74, 6) is 1.98. The van der Waals surface area contributed by atoms with E-state index in [1.165, 1.54) is 10.6 Å². The lowest BCUT2D eigenvalue weighted by Crippen LogP contribution is -3.03. The van der Waals surface area contributed by atoms with Crippen LogP contribution in [-0.2, 0) is 0 Å². The molecule has 0 saturated carbocycles. The van der Waals surface area contributed by atoms with E-state index < -0.39 is 0 Å². The second kappa shape index (κ2) is 4.97. The van der Waals surface area contributed by atoms with Gasteiger partial charge in [0.05, 0.1) is 13.2 Å². The second-order valence-corrected chi connectivity index (χ2v) is 3.93. The summed E-state index contributed by atoms with van der Waals surface area (Å²) < 4.78 is 0. The number of para-hydroxylation sites is 1. The van der Waals surface area contributed by atoms with E-state index in [0.29, 0.717) is 0 Å². The van der Waals surface area contributed by atoms with Crippen LogP contribution in [0.15, 0.2) is 42.7 Å². The third kappa shape index (κ3) is 2.12. The lowest BCUT2D eigenvalue weighted by atomic mass is 10.3. The normalized spacial score (nSPS) is 17.5. The molecule has 1 unspecified atom stereocenters. The molecule has 0 fully saturated rings. The average molecular weight is 340 g/mol. The zero-order valence-electron chi connectivity index (χ0n) is 9.47. The van der Waals surface area contributed by atoms with Crippen LogP contribution in [0.3, 0.4) is 0 Å². The third-order valence-corrected chi connectivity index (χ3v) is 2.80. The van der Waals surface area contributed by atoms with Crippen LogP contribution in [0.5, 0.6) is 0 Å². The maximum absolute atomic E-state index is 4.41. The van der Waals surface area contributed by atoms with Crippen molar-refractivity contribution < 1.29 is 28.9 Å². The highest BCUT2D eigenvalue weighted by Crippen LogP contribution is 2.28. The first-order valence-corrected chi connectivity index (χ1v) is 5.32. The number of quaternary nitrogens is 1. The molecule has 1 aliphatic heterocycles. The highest BCUT2D eigenvalue weighted by Gasteiger charge is 2.31. The van der Waals surface area contributed by atoms with Crippen LogP contribution in [0.1, 0.15) is 0 Å². The van der Waals surface area contributed by atoms with Gasteiger partial charge in [0.2, 0.25) is 5.82 Å². The van der Waals surface area contributed by atoms with E-state index in [4.69, 9.17) is 0 Å². The quantitative estimate of drug-likeness (QED) is 0.595. The van der Waals surface area contributed by atoms with Crippen LogP contribution in [-0.4, -0.2) is 23.7 Å². The van der Waals surface area contributed by atoms with E-state index in [1.54, 1.807) is 12.4 Å². The minimum atomic E-state index is 0. The van der Waals surface area contributed by atoms with Gasteiger partial charge in [0.1, 0.15) is 0 Å². The van der Waals surface area contributed by atoms with Gasteiger partial charge in [0, 0.05) is 11.9 Å². The molecule has 1 aromatic carbocycles. The molecule has 1 aliphatic rings. The molecule has 0 radical (unpaired) electrons. The van der Waals surface area contributed by atoms with Crippen molar-refractivity contribution in [3.63, 3.8) is 0 Å². The number of hydrogen-bond acceptors (Lipinski definition) is 3. The molecule has 4 nitrogen and oxygen atoms in total. The van der Waals surface area contributed by atoms with E-state index in [0.717, 1.165) is 18.3 Å². The van der Waals surface area contributed by atoms with Gasteiger partial charge in [-0.05, 0) is 12.1 Å². The number of hydrogen-bond donors (Lipinski definition) is 1. The van der Waals surface area contributed by atoms with Crippen LogP contribution in [0, 0.1) is 0 Å². The van der Waals surface area contributed by atoms with E-state index in [9.17, 15) is 0 Å². The van der Waals surface area contributed by atoms with Gasteiger partial charge in [-0.3, -0.25) is 9.80 Å². The number of nitrogens with one attached hydrogen (secondary N) is 1. The number of nitrogens with zero attached hydrogens (tertiary/aromatic N) is 3. The molecule has 0 spiro atoms. The fourth-order valence-corrected chi connectivity index (χ4v) is 2.04. The summed E-state index contributed by atoms with van der Waals surface area (Å²) in [5, 5.41) is 0. The Morgan fingerprint density at radius 1 is 1.12 bits per heavy atom. The van der Waals surface area contributed by atoms with Crippen LogP contribution in [0.2, 0.25) is 0 Å². The van der Waals surface area contributed by atoms with Gasteiger partial charge < -0.3 is 24.0 Å². The molecule has 0 amide bonds. The molecule has 0 aliphatic carbocycles. The molecular weight excluding hydrogens is 327 g/mol. The van der Waals surface area contributed by atoms with Crippen molar-refractivity contribution in [3.05, 3.63) is 42.7 Å². The smallest absolute Gasteiger partial charge is 0.271 e. The van der Waals surface area contributed by atoms with E-state index >= 15 is 0 Å². The van der Waals surface area contributed by atoms with E-state index in [2.05, 4.69) is 34.0 Å². The fourth-order valence-electron chi connectivity index (χ4n) is 2.04. The Bertz CT molecular complexity index is 503. The summed E-state index contributed by atoms with van der Waals surface area (Å²) in [6, 6.07) is 10.3. The second-order valence-electron chi connectivity index (χ2n) is 3.93. The number of rotatable bonds is 1. The monoisotopic (exact) mass is 340 g/mol. The number of benzene rings is 1. The van der Waals surface area contributed by atoms with Crippen molar-refractivity contribution in [2.45, 2.75) is 0 Å². The van der Waals surface area contributed by atoms with Gasteiger partial charge in [0.25, 0.3) is 5.82 Å². The first-order chi connectivity index (χ1) is 7.86. The van der Waals surface area contributed by atoms with Gasteiger partial charge in [-0.15, -0.1) is 0 Å². The Morgan fingerprint density at radius 2 is 1.82 bits per heavy atom. The topological polar surface area (TPSA) is 33.5 Å². The highest BCUT2D eigenvalue weighted by atomic mass is 127. The lowest BCUT2D eigenvalue weighted by Gasteiger charge is -2.14. The highest BCUT2D eigenvalue weighted by molar-refractivity contribution is 5.67. The molecule has 88 valence electrons. The van der Waals surface area contributed by atoms with Gasteiger partial charge in [0.15, 0.2) is 6.67 Å². The Hall–Kier alpha value is -1.21. The summed E-state index contributed by atoms with van der Waals surface area (Å²) in [5.41, 5.74) is 1.17. The Morgan fingerprint density at radius 3 is 2.59 bits per heavy atom. The summed E-state index contributed by atoms with van der Waals surface area (Å²) in [7, 11) is 2.11. The van der Waals surface area contributed by atoms with Crippen molar-refractivity contribution in [1.29, 1.82) is 0 Å². The van der Waals surface area contributed by atoms with E-state index in [-0.39, 0.29) is 24.0 Å². The van der Waals surface area contributed by atoms with Crippen molar-refractivity contribution in [2.24, 2.45) is 0 Å². The molecule has 2 heterocycles. The number of halogens is 1. The fraction of sp³-hybridized carbons (Fsp3) is 0.167. The lowest BCUT2D eigenvalue weighted by molar-refractivity contribution is -0.804. The average Bonchev–Trinajstić information content (AvgIpc) is 2.69. The predicted octanol–water partition coefficient (Wildman–Crippen LogP) is -2.26. The van der Waals surface area contributed by atoms with Gasteiger partial charge >= 0.3 is 0 Å². The Balaban J connectivity index is 0.00000108. The van der Waals surface area contributed by atoms with Crippen LogP contribution >= 0.6 is 0 Å². The number of anilines is 2. The SMILES string of the molecule is C[NH+]1CN(c2ccccc2)c2nccnc21.[I-]. The zero-order chi connectivity index (χ0) is 11.0. The number of aromatic nitrogens is 2. The zero-order valence-corrected chi connectivity index (χ0v) is 11.6. The predicted molar refractivity (Wildman–Crippen MR) is 62.0 cm³/mol. The Kier molecular flexibility index (Phi) is 3.58. The Labute approximate surface area is 117 Å². The van der Waals surface area contributed by atoms with Gasteiger partial charge in [-0.1, -0.05) is 18.2 Å². The van der Waals surface area contributed by atoms with Crippen molar-refractivity contribution in [3.8, 4) is 0 Å². The van der Waals surface area contributed by atoms with Crippen molar-refractivity contribution in [2.75, 3.05) is 18.6 Å². The first kappa shape index (κ1) is 12.3. The minimum Gasteiger partial charge on any atom is -1.00 e. The molecule has 0 bridgehead atoms. The molecule has 0 saturated heterocycles. The molecular formula is C12H13IN4. The molecule has 17 heavy (non-hydrogen) atoms. The van der Waals surface area contributed by atoms with Crippen LogP contribution in [0.4, 0.5) is 17.3 Å². The summed E-state index contributed by atoms with van der Waals surface area (Å²) in [6.07, 6.45) is 3.49. The first-order valence-electron chi connectivity index (χ1n) is 5.32. The van der Waals surface area contributed by atoms with Gasteiger partial charge in [-0.25, -0.2) is 4.98 Å². The molecule has 1 atom stereocenters. The van der Waals surface area contributed by atoms with Crippen LogP contribution in [0.25, 0.3) is 0 Å². The summed E-state index contributed by atoms with van der Waals surface area (Å²) in [4.78, 5) is 12.2. The molecule has 1 aromatic heterocycles. The van der Waals surface area contributed by atoms with E-state index in [1.807, 2.05) is 18.2 Å². The minimum absolute atomic E-state index is 0. The summed E-state index contributed by atoms with van der Waals surface area (Å²) in [6.45, 7) is 0.878. The maximum atomic E-state index is 4.41. The molecule has 5 heteroatoms. The maximum Gasteiger partial charge on any atom is 0.271 e. The standard InChI is InChI=1S/C12H12N4.HI/c1-15-9-16(10-5-3-2-4-6-10)12-11(15)13-7-8-14-12;/h2-8H,9H2,1H3;1H. The van der Waals surface area contributed by atoms with Crippen molar-refractivity contribution in [1.82, 2.24) is 9.97 Å². The molecule has 1 N–H and O–H groups in total. The number of fused-ring (bicyclic) bond motifs is 1. The molecule has 3 rings (SSSR count). The molecule has 2 aromatic rings. The third-order valence-electron chi connectivity index (χ3n) is 2.80. The summed E-state index contributed by atoms with van der Waals surface area (Å²) >= 11 is 0.